The summed E-state index contributed by atoms with van der Waals surface area (Å²) in [6.45, 7) is 0. The van der Waals surface area contributed by atoms with E-state index in [1.54, 1.807) is 6.07 Å². The summed E-state index contributed by atoms with van der Waals surface area (Å²) in [4.78, 5) is 0. The Morgan fingerprint density at radius 3 is 2.25 bits per heavy atom. The van der Waals surface area contributed by atoms with Crippen LogP contribution < -0.4 is 0 Å². The van der Waals surface area contributed by atoms with E-state index in [-0.39, 0.29) is 5.69 Å². The molecule has 0 aliphatic carbocycles. The number of hydrogen-bond acceptors (Lipinski definition) is 2. The van der Waals surface area contributed by atoms with Crippen LogP contribution in [0.1, 0.15) is 5.69 Å². The molecule has 0 aliphatic heterocycles. The molecule has 7 heteroatoms. The number of rotatable bonds is 1. The predicted octanol–water partition coefficient (Wildman–Crippen LogP) is 2.43. The number of nitrogens with zero attached hydrogens (tertiary/aromatic N) is 3. The van der Waals surface area contributed by atoms with Gasteiger partial charge in [-0.25, -0.2) is 4.68 Å². The molecule has 1 aromatic heterocycles. The maximum atomic E-state index is 12.9. The molecule has 0 fully saturated rings. The minimum Gasteiger partial charge on any atom is -0.205 e. The summed E-state index contributed by atoms with van der Waals surface area (Å²) in [6.07, 6.45) is -4.83. The number of para-hydroxylation sites is 1. The van der Waals surface area contributed by atoms with Crippen LogP contribution in [0.3, 0.4) is 0 Å². The van der Waals surface area contributed by atoms with Crippen LogP contribution in [0.4, 0.5) is 17.6 Å². The molecule has 16 heavy (non-hydrogen) atoms. The van der Waals surface area contributed by atoms with E-state index in [1.807, 2.05) is 0 Å². The van der Waals surface area contributed by atoms with E-state index >= 15 is 0 Å². The maximum Gasteiger partial charge on any atom is 0.438 e. The molecule has 0 amide bonds. The molecule has 0 aliphatic rings. The van der Waals surface area contributed by atoms with Crippen LogP contribution in [0.2, 0.25) is 0 Å². The first-order valence-corrected chi connectivity index (χ1v) is 4.24. The van der Waals surface area contributed by atoms with Crippen LogP contribution in [0.25, 0.3) is 5.69 Å². The van der Waals surface area contributed by atoms with Crippen molar-refractivity contribution in [3.8, 4) is 5.69 Å². The number of alkyl halides is 3. The van der Waals surface area contributed by atoms with E-state index in [1.165, 1.54) is 24.3 Å². The van der Waals surface area contributed by atoms with Gasteiger partial charge in [-0.05, 0) is 12.1 Å². The number of hydrogen-bond donors (Lipinski definition) is 0. The van der Waals surface area contributed by atoms with Gasteiger partial charge < -0.3 is 0 Å². The van der Waals surface area contributed by atoms with E-state index < -0.39 is 17.8 Å². The molecule has 0 N–H and O–H groups in total. The molecule has 84 valence electrons. The Morgan fingerprint density at radius 2 is 1.69 bits per heavy atom. The normalized spacial score (nSPS) is 11.8. The molecule has 2 aromatic rings. The summed E-state index contributed by atoms with van der Waals surface area (Å²) in [5, 5.41) is 5.91. The fourth-order valence-electron chi connectivity index (χ4n) is 1.25. The quantitative estimate of drug-likeness (QED) is 0.705. The van der Waals surface area contributed by atoms with Gasteiger partial charge >= 0.3 is 6.18 Å². The first-order chi connectivity index (χ1) is 7.50. The van der Waals surface area contributed by atoms with E-state index in [0.717, 1.165) is 0 Å². The van der Waals surface area contributed by atoms with E-state index in [0.29, 0.717) is 4.68 Å². The molecule has 0 atom stereocenters. The summed E-state index contributed by atoms with van der Waals surface area (Å²) >= 11 is 0. The largest absolute Gasteiger partial charge is 0.438 e. The molecule has 0 saturated carbocycles. The van der Waals surface area contributed by atoms with Crippen LogP contribution in [0.5, 0.6) is 0 Å². The zero-order chi connectivity index (χ0) is 11.8. The van der Waals surface area contributed by atoms with Crippen molar-refractivity contribution in [2.75, 3.05) is 0 Å². The van der Waals surface area contributed by atoms with Gasteiger partial charge in [0.15, 0.2) is 0 Å². The molecular formula is C9H5F4N3. The summed E-state index contributed by atoms with van der Waals surface area (Å²) in [6, 6.07) is 7.43. The lowest BCUT2D eigenvalue weighted by molar-refractivity contribution is -0.145. The van der Waals surface area contributed by atoms with Gasteiger partial charge in [-0.3, -0.25) is 0 Å². The standard InChI is InChI=1S/C9H5F4N3/c10-8-7(9(11,12)13)16(15-14-8)6-4-2-1-3-5-6/h1-5H. The van der Waals surface area contributed by atoms with Crippen molar-refractivity contribution in [3.63, 3.8) is 0 Å². The predicted molar refractivity (Wildman–Crippen MR) is 46.3 cm³/mol. The van der Waals surface area contributed by atoms with E-state index in [2.05, 4.69) is 10.3 Å². The molecule has 0 radical (unpaired) electrons. The molecular weight excluding hydrogens is 226 g/mol. The van der Waals surface area contributed by atoms with Crippen LogP contribution in [0, 0.1) is 5.95 Å². The average Bonchev–Trinajstić information content (AvgIpc) is 2.61. The second-order valence-corrected chi connectivity index (χ2v) is 2.97. The highest BCUT2D eigenvalue weighted by Crippen LogP contribution is 2.31. The highest BCUT2D eigenvalue weighted by atomic mass is 19.4. The van der Waals surface area contributed by atoms with E-state index in [9.17, 15) is 17.6 Å². The van der Waals surface area contributed by atoms with Crippen LogP contribution >= 0.6 is 0 Å². The van der Waals surface area contributed by atoms with Gasteiger partial charge in [0, 0.05) is 0 Å². The molecule has 1 heterocycles. The Balaban J connectivity index is 2.60. The van der Waals surface area contributed by atoms with Gasteiger partial charge in [-0.15, -0.1) is 0 Å². The third-order valence-electron chi connectivity index (χ3n) is 1.90. The zero-order valence-electron chi connectivity index (χ0n) is 7.74. The first-order valence-electron chi connectivity index (χ1n) is 4.24. The van der Waals surface area contributed by atoms with Gasteiger partial charge in [0.25, 0.3) is 5.95 Å². The summed E-state index contributed by atoms with van der Waals surface area (Å²) < 4.78 is 50.8. The van der Waals surface area contributed by atoms with Crippen molar-refractivity contribution in [2.45, 2.75) is 6.18 Å². The van der Waals surface area contributed by atoms with Gasteiger partial charge in [0.1, 0.15) is 0 Å². The van der Waals surface area contributed by atoms with Gasteiger partial charge in [0.2, 0.25) is 5.69 Å². The van der Waals surface area contributed by atoms with Gasteiger partial charge in [-0.2, -0.15) is 17.6 Å². The van der Waals surface area contributed by atoms with E-state index in [4.69, 9.17) is 0 Å². The lowest BCUT2D eigenvalue weighted by atomic mass is 10.3. The Bertz CT molecular complexity index is 489. The van der Waals surface area contributed by atoms with Crippen molar-refractivity contribution in [3.05, 3.63) is 42.0 Å². The third-order valence-corrected chi connectivity index (χ3v) is 1.90. The number of halogens is 4. The Labute approximate surface area is 87.3 Å². The second kappa shape index (κ2) is 3.58. The fourth-order valence-corrected chi connectivity index (χ4v) is 1.25. The number of benzene rings is 1. The average molecular weight is 231 g/mol. The molecule has 1 aromatic carbocycles. The van der Waals surface area contributed by atoms with Gasteiger partial charge in [0.05, 0.1) is 5.69 Å². The maximum absolute atomic E-state index is 12.9. The topological polar surface area (TPSA) is 30.7 Å². The summed E-state index contributed by atoms with van der Waals surface area (Å²) in [5.41, 5.74) is -1.40. The van der Waals surface area contributed by atoms with Crippen LogP contribution in [0.15, 0.2) is 30.3 Å². The zero-order valence-corrected chi connectivity index (χ0v) is 7.74. The fraction of sp³-hybridized carbons (Fsp3) is 0.111. The minimum atomic E-state index is -4.83. The Morgan fingerprint density at radius 1 is 1.06 bits per heavy atom. The Kier molecular flexibility index (Phi) is 2.37. The van der Waals surface area contributed by atoms with Crippen LogP contribution in [-0.2, 0) is 6.18 Å². The monoisotopic (exact) mass is 231 g/mol. The minimum absolute atomic E-state index is 0.103. The molecule has 0 saturated heterocycles. The Hall–Kier alpha value is -1.92. The highest BCUT2D eigenvalue weighted by Gasteiger charge is 2.40. The SMILES string of the molecule is Fc1nnn(-c2ccccc2)c1C(F)(F)F. The second-order valence-electron chi connectivity index (χ2n) is 2.97. The smallest absolute Gasteiger partial charge is 0.205 e. The van der Waals surface area contributed by atoms with Crippen LogP contribution in [-0.4, -0.2) is 15.0 Å². The molecule has 0 spiro atoms. The first kappa shape index (κ1) is 10.6. The van der Waals surface area contributed by atoms with Crippen molar-refractivity contribution in [1.82, 2.24) is 15.0 Å². The van der Waals surface area contributed by atoms with Crippen molar-refractivity contribution < 1.29 is 17.6 Å². The molecule has 2 rings (SSSR count). The summed E-state index contributed by atoms with van der Waals surface area (Å²) in [5.74, 6) is -1.63. The molecule has 0 unspecified atom stereocenters. The highest BCUT2D eigenvalue weighted by molar-refractivity contribution is 5.32. The van der Waals surface area contributed by atoms with Crippen molar-refractivity contribution >= 4 is 0 Å². The lowest BCUT2D eigenvalue weighted by Crippen LogP contribution is -2.14. The lowest BCUT2D eigenvalue weighted by Gasteiger charge is -2.08. The molecule has 3 nitrogen and oxygen atoms in total. The third kappa shape index (κ3) is 1.75. The number of aromatic nitrogens is 3. The van der Waals surface area contributed by atoms with Crippen molar-refractivity contribution in [2.24, 2.45) is 0 Å². The summed E-state index contributed by atoms with van der Waals surface area (Å²) in [7, 11) is 0. The van der Waals surface area contributed by atoms with Crippen molar-refractivity contribution in [1.29, 1.82) is 0 Å². The van der Waals surface area contributed by atoms with Gasteiger partial charge in [-0.1, -0.05) is 28.5 Å². The molecule has 0 bridgehead atoms.